The average molecular weight is 284 g/mol. The molecule has 1 unspecified atom stereocenters. The second-order valence-corrected chi connectivity index (χ2v) is 4.91. The summed E-state index contributed by atoms with van der Waals surface area (Å²) in [6, 6.07) is 12.1. The van der Waals surface area contributed by atoms with Gasteiger partial charge in [-0.25, -0.2) is 9.18 Å². The SMILES string of the molecule is Cc1cc(C2C(=O)NC(=O)N2c2ccccc2)ccc1F. The molecule has 0 saturated carbocycles. The van der Waals surface area contributed by atoms with E-state index in [2.05, 4.69) is 5.32 Å². The Balaban J connectivity index is 2.07. The molecule has 3 rings (SSSR count). The lowest BCUT2D eigenvalue weighted by Gasteiger charge is -2.22. The van der Waals surface area contributed by atoms with Crippen molar-refractivity contribution in [2.24, 2.45) is 0 Å². The molecule has 4 nitrogen and oxygen atoms in total. The van der Waals surface area contributed by atoms with Gasteiger partial charge < -0.3 is 0 Å². The lowest BCUT2D eigenvalue weighted by atomic mass is 10.0. The van der Waals surface area contributed by atoms with Crippen molar-refractivity contribution in [3.8, 4) is 0 Å². The summed E-state index contributed by atoms with van der Waals surface area (Å²) in [5.74, 6) is -0.746. The van der Waals surface area contributed by atoms with Crippen LogP contribution in [0.3, 0.4) is 0 Å². The number of carbonyl (C=O) groups excluding carboxylic acids is 2. The van der Waals surface area contributed by atoms with E-state index in [9.17, 15) is 14.0 Å². The Labute approximate surface area is 121 Å². The Morgan fingerprint density at radius 1 is 1.10 bits per heavy atom. The molecule has 2 aromatic rings. The summed E-state index contributed by atoms with van der Waals surface area (Å²) in [6.07, 6.45) is 0. The number of imide groups is 1. The Bertz CT molecular complexity index is 715. The molecule has 0 aliphatic carbocycles. The maximum Gasteiger partial charge on any atom is 0.329 e. The van der Waals surface area contributed by atoms with Crippen molar-refractivity contribution in [2.45, 2.75) is 13.0 Å². The van der Waals surface area contributed by atoms with Crippen LogP contribution in [0.4, 0.5) is 14.9 Å². The highest BCUT2D eigenvalue weighted by Crippen LogP contribution is 2.31. The minimum absolute atomic E-state index is 0.338. The van der Waals surface area contributed by atoms with Crippen LogP contribution in [0.5, 0.6) is 0 Å². The van der Waals surface area contributed by atoms with Crippen molar-refractivity contribution in [1.29, 1.82) is 0 Å². The normalized spacial score (nSPS) is 18.0. The minimum atomic E-state index is -0.779. The van der Waals surface area contributed by atoms with Gasteiger partial charge in [0.2, 0.25) is 0 Å². The van der Waals surface area contributed by atoms with Crippen LogP contribution in [0, 0.1) is 12.7 Å². The third-order valence-corrected chi connectivity index (χ3v) is 3.49. The molecule has 0 aromatic heterocycles. The van der Waals surface area contributed by atoms with Crippen LogP contribution in [0.2, 0.25) is 0 Å². The number of para-hydroxylation sites is 1. The van der Waals surface area contributed by atoms with E-state index in [1.807, 2.05) is 6.07 Å². The molecular formula is C16H13FN2O2. The van der Waals surface area contributed by atoms with Gasteiger partial charge in [0.1, 0.15) is 11.9 Å². The van der Waals surface area contributed by atoms with E-state index in [0.717, 1.165) is 0 Å². The molecule has 21 heavy (non-hydrogen) atoms. The first kappa shape index (κ1) is 13.3. The Morgan fingerprint density at radius 3 is 2.48 bits per heavy atom. The second-order valence-electron chi connectivity index (χ2n) is 4.91. The molecule has 2 aromatic carbocycles. The standard InChI is InChI=1S/C16H13FN2O2/c1-10-9-11(7-8-13(10)17)14-15(20)18-16(21)19(14)12-5-3-2-4-6-12/h2-9,14H,1H3,(H,18,20,21). The van der Waals surface area contributed by atoms with Crippen molar-refractivity contribution in [2.75, 3.05) is 4.90 Å². The predicted octanol–water partition coefficient (Wildman–Crippen LogP) is 2.93. The first-order chi connectivity index (χ1) is 10.1. The number of amides is 3. The fourth-order valence-corrected chi connectivity index (χ4v) is 2.46. The molecule has 106 valence electrons. The Hall–Kier alpha value is -2.69. The molecule has 1 N–H and O–H groups in total. The van der Waals surface area contributed by atoms with Gasteiger partial charge in [0.25, 0.3) is 5.91 Å². The molecule has 1 atom stereocenters. The Morgan fingerprint density at radius 2 is 1.81 bits per heavy atom. The van der Waals surface area contributed by atoms with E-state index in [4.69, 9.17) is 0 Å². The number of aryl methyl sites for hydroxylation is 1. The van der Waals surface area contributed by atoms with Crippen LogP contribution in [0.15, 0.2) is 48.5 Å². The highest BCUT2D eigenvalue weighted by Gasteiger charge is 2.40. The average Bonchev–Trinajstić information content (AvgIpc) is 2.77. The van der Waals surface area contributed by atoms with Gasteiger partial charge in [-0.05, 0) is 36.2 Å². The van der Waals surface area contributed by atoms with Gasteiger partial charge in [-0.1, -0.05) is 30.3 Å². The van der Waals surface area contributed by atoms with Gasteiger partial charge in [-0.3, -0.25) is 15.0 Å². The number of rotatable bonds is 2. The van der Waals surface area contributed by atoms with Crippen LogP contribution in [0.1, 0.15) is 17.2 Å². The van der Waals surface area contributed by atoms with Crippen LogP contribution < -0.4 is 10.2 Å². The highest BCUT2D eigenvalue weighted by atomic mass is 19.1. The molecule has 1 aliphatic rings. The van der Waals surface area contributed by atoms with E-state index in [1.165, 1.54) is 17.0 Å². The molecular weight excluding hydrogens is 271 g/mol. The molecule has 3 amide bonds. The maximum atomic E-state index is 13.4. The number of urea groups is 1. The number of nitrogens with one attached hydrogen (secondary N) is 1. The third kappa shape index (κ3) is 2.27. The fraction of sp³-hybridized carbons (Fsp3) is 0.125. The van der Waals surface area contributed by atoms with Gasteiger partial charge in [-0.15, -0.1) is 0 Å². The smallest absolute Gasteiger partial charge is 0.277 e. The van der Waals surface area contributed by atoms with Crippen molar-refractivity contribution in [3.05, 3.63) is 65.5 Å². The molecule has 1 aliphatic heterocycles. The Kier molecular flexibility index (Phi) is 3.17. The van der Waals surface area contributed by atoms with Crippen molar-refractivity contribution >= 4 is 17.6 Å². The number of hydrogen-bond acceptors (Lipinski definition) is 2. The number of anilines is 1. The van der Waals surface area contributed by atoms with Crippen LogP contribution in [0.25, 0.3) is 0 Å². The van der Waals surface area contributed by atoms with Crippen molar-refractivity contribution < 1.29 is 14.0 Å². The van der Waals surface area contributed by atoms with Crippen LogP contribution in [-0.4, -0.2) is 11.9 Å². The van der Waals surface area contributed by atoms with Gasteiger partial charge in [0.15, 0.2) is 0 Å². The molecule has 0 spiro atoms. The summed E-state index contributed by atoms with van der Waals surface area (Å²) in [5, 5.41) is 2.30. The second kappa shape index (κ2) is 5.01. The van der Waals surface area contributed by atoms with E-state index in [-0.39, 0.29) is 5.82 Å². The number of benzene rings is 2. The topological polar surface area (TPSA) is 49.4 Å². The van der Waals surface area contributed by atoms with Gasteiger partial charge in [-0.2, -0.15) is 0 Å². The van der Waals surface area contributed by atoms with E-state index in [0.29, 0.717) is 16.8 Å². The van der Waals surface area contributed by atoms with Gasteiger partial charge in [0.05, 0.1) is 0 Å². The van der Waals surface area contributed by atoms with Crippen LogP contribution in [-0.2, 0) is 4.79 Å². The number of carbonyl (C=O) groups is 2. The molecule has 0 radical (unpaired) electrons. The molecule has 1 fully saturated rings. The number of hydrogen-bond donors (Lipinski definition) is 1. The zero-order valence-electron chi connectivity index (χ0n) is 11.3. The van der Waals surface area contributed by atoms with E-state index in [1.54, 1.807) is 37.3 Å². The van der Waals surface area contributed by atoms with Crippen molar-refractivity contribution in [3.63, 3.8) is 0 Å². The van der Waals surface area contributed by atoms with Gasteiger partial charge in [0, 0.05) is 5.69 Å². The molecule has 1 heterocycles. The lowest BCUT2D eigenvalue weighted by molar-refractivity contribution is -0.119. The number of nitrogens with zero attached hydrogens (tertiary/aromatic N) is 1. The van der Waals surface area contributed by atoms with E-state index >= 15 is 0 Å². The van der Waals surface area contributed by atoms with Crippen LogP contribution >= 0.6 is 0 Å². The summed E-state index contributed by atoms with van der Waals surface area (Å²) >= 11 is 0. The summed E-state index contributed by atoms with van der Waals surface area (Å²) in [7, 11) is 0. The minimum Gasteiger partial charge on any atom is -0.277 e. The zero-order valence-corrected chi connectivity index (χ0v) is 11.3. The third-order valence-electron chi connectivity index (χ3n) is 3.49. The van der Waals surface area contributed by atoms with Crippen molar-refractivity contribution in [1.82, 2.24) is 5.32 Å². The maximum absolute atomic E-state index is 13.4. The highest BCUT2D eigenvalue weighted by molar-refractivity contribution is 6.14. The zero-order chi connectivity index (χ0) is 15.0. The van der Waals surface area contributed by atoms with E-state index < -0.39 is 18.0 Å². The van der Waals surface area contributed by atoms with Gasteiger partial charge >= 0.3 is 6.03 Å². The largest absolute Gasteiger partial charge is 0.329 e. The molecule has 5 heteroatoms. The fourth-order valence-electron chi connectivity index (χ4n) is 2.46. The quantitative estimate of drug-likeness (QED) is 0.862. The summed E-state index contributed by atoms with van der Waals surface area (Å²) in [6.45, 7) is 1.63. The molecule has 1 saturated heterocycles. The predicted molar refractivity (Wildman–Crippen MR) is 76.3 cm³/mol. The molecule has 0 bridgehead atoms. The monoisotopic (exact) mass is 284 g/mol. The summed E-state index contributed by atoms with van der Waals surface area (Å²) in [4.78, 5) is 25.5. The number of halogens is 1. The summed E-state index contributed by atoms with van der Waals surface area (Å²) < 4.78 is 13.4. The first-order valence-corrected chi connectivity index (χ1v) is 6.53. The summed E-state index contributed by atoms with van der Waals surface area (Å²) in [5.41, 5.74) is 1.64. The lowest BCUT2D eigenvalue weighted by Crippen LogP contribution is -2.29. The first-order valence-electron chi connectivity index (χ1n) is 6.53.